The Bertz CT molecular complexity index is 243. The van der Waals surface area contributed by atoms with Gasteiger partial charge in [-0.25, -0.2) is 0 Å². The molecule has 0 unspecified atom stereocenters. The quantitative estimate of drug-likeness (QED) is 0.188. The molecular weight excluding hydrogens is 413 g/mol. The van der Waals surface area contributed by atoms with Crippen LogP contribution in [-0.4, -0.2) is 49.9 Å². The molecule has 0 amide bonds. The topological polar surface area (TPSA) is 12.5 Å². The maximum atomic E-state index is 6.89. The third kappa shape index (κ3) is 13.5. The predicted molar refractivity (Wildman–Crippen MR) is 117 cm³/mol. The first-order chi connectivity index (χ1) is 12.2. The molecule has 0 aromatic heterocycles. The molecule has 0 aliphatic heterocycles. The van der Waals surface area contributed by atoms with E-state index in [4.69, 9.17) is 3.07 Å². The second-order valence-corrected chi connectivity index (χ2v) is 19.7. The summed E-state index contributed by atoms with van der Waals surface area (Å²) in [5.74, 6) is 0. The van der Waals surface area contributed by atoms with Crippen molar-refractivity contribution < 1.29 is 3.07 Å². The van der Waals surface area contributed by atoms with Crippen LogP contribution in [-0.2, 0) is 3.07 Å². The molecule has 25 heavy (non-hydrogen) atoms. The third-order valence-electron chi connectivity index (χ3n) is 5.43. The number of hydrogen-bond acceptors (Lipinski definition) is 2. The van der Waals surface area contributed by atoms with Crippen molar-refractivity contribution >= 4 is 18.8 Å². The molecule has 0 rings (SSSR count). The molecule has 0 fully saturated rings. The Morgan fingerprint density at radius 2 is 0.960 bits per heavy atom. The van der Waals surface area contributed by atoms with Crippen LogP contribution < -0.4 is 0 Å². The first-order valence-corrected chi connectivity index (χ1v) is 18.8. The molecule has 0 radical (unpaired) electrons. The summed E-state index contributed by atoms with van der Waals surface area (Å²) in [6.07, 6.45) is 13.5. The molecule has 0 spiro atoms. The van der Waals surface area contributed by atoms with Gasteiger partial charge in [0.1, 0.15) is 0 Å². The summed E-state index contributed by atoms with van der Waals surface area (Å²) in [6.45, 7) is 16.3. The molecule has 2 nitrogen and oxygen atoms in total. The van der Waals surface area contributed by atoms with E-state index in [1.807, 2.05) is 0 Å². The SMILES string of the molecule is CCCCN(CCCC)CC[O][Sn]([CH2]CCC)([CH2]CCC)[CH2]CCC. The van der Waals surface area contributed by atoms with Crippen LogP contribution in [0, 0.1) is 0 Å². The summed E-state index contributed by atoms with van der Waals surface area (Å²) < 4.78 is 11.3. The van der Waals surface area contributed by atoms with Crippen molar-refractivity contribution in [2.45, 2.75) is 112 Å². The zero-order valence-electron chi connectivity index (χ0n) is 18.4. The second kappa shape index (κ2) is 18.1. The molecular formula is C22H49NOSn. The van der Waals surface area contributed by atoms with E-state index < -0.39 is 18.8 Å². The summed E-state index contributed by atoms with van der Waals surface area (Å²) in [7, 11) is 0. The van der Waals surface area contributed by atoms with Gasteiger partial charge in [-0.3, -0.25) is 0 Å². The molecule has 0 heterocycles. The monoisotopic (exact) mass is 463 g/mol. The summed E-state index contributed by atoms with van der Waals surface area (Å²) >= 11 is -2.37. The van der Waals surface area contributed by atoms with Crippen molar-refractivity contribution in [3.8, 4) is 0 Å². The van der Waals surface area contributed by atoms with Crippen LogP contribution in [0.2, 0.25) is 13.3 Å². The van der Waals surface area contributed by atoms with E-state index >= 15 is 0 Å². The Balaban J connectivity index is 4.64. The normalized spacial score (nSPS) is 12.2. The van der Waals surface area contributed by atoms with Gasteiger partial charge in [0.05, 0.1) is 0 Å². The van der Waals surface area contributed by atoms with Gasteiger partial charge in [0.15, 0.2) is 0 Å². The maximum absolute atomic E-state index is 6.89. The fourth-order valence-electron chi connectivity index (χ4n) is 3.58. The first-order valence-electron chi connectivity index (χ1n) is 11.5. The van der Waals surface area contributed by atoms with E-state index in [0.717, 1.165) is 6.61 Å². The van der Waals surface area contributed by atoms with Gasteiger partial charge in [-0.1, -0.05) is 0 Å². The predicted octanol–water partition coefficient (Wildman–Crippen LogP) is 7.25. The molecule has 0 aliphatic carbocycles. The molecule has 3 heteroatoms. The number of rotatable bonds is 19. The van der Waals surface area contributed by atoms with Crippen molar-refractivity contribution in [2.24, 2.45) is 0 Å². The Morgan fingerprint density at radius 3 is 1.32 bits per heavy atom. The molecule has 0 saturated heterocycles. The van der Waals surface area contributed by atoms with Crippen LogP contribution in [0.25, 0.3) is 0 Å². The van der Waals surface area contributed by atoms with E-state index in [9.17, 15) is 0 Å². The van der Waals surface area contributed by atoms with E-state index in [1.54, 1.807) is 0 Å². The van der Waals surface area contributed by atoms with Crippen LogP contribution in [0.5, 0.6) is 0 Å². The third-order valence-corrected chi connectivity index (χ3v) is 18.6. The van der Waals surface area contributed by atoms with Gasteiger partial charge in [-0.05, 0) is 0 Å². The molecule has 0 atom stereocenters. The van der Waals surface area contributed by atoms with Gasteiger partial charge < -0.3 is 0 Å². The second-order valence-electron chi connectivity index (χ2n) is 7.89. The van der Waals surface area contributed by atoms with Crippen molar-refractivity contribution in [3.63, 3.8) is 0 Å². The molecule has 0 saturated carbocycles. The van der Waals surface area contributed by atoms with Crippen molar-refractivity contribution in [3.05, 3.63) is 0 Å². The van der Waals surface area contributed by atoms with Gasteiger partial charge in [0.2, 0.25) is 0 Å². The average molecular weight is 462 g/mol. The minimum absolute atomic E-state index is 1.01. The Morgan fingerprint density at radius 1 is 0.560 bits per heavy atom. The average Bonchev–Trinajstić information content (AvgIpc) is 2.64. The van der Waals surface area contributed by atoms with Crippen LogP contribution in [0.1, 0.15) is 98.8 Å². The molecule has 152 valence electrons. The van der Waals surface area contributed by atoms with E-state index in [0.29, 0.717) is 0 Å². The first kappa shape index (κ1) is 25.7. The fourth-order valence-corrected chi connectivity index (χ4v) is 17.0. The fraction of sp³-hybridized carbons (Fsp3) is 1.00. The van der Waals surface area contributed by atoms with Crippen LogP contribution >= 0.6 is 0 Å². The van der Waals surface area contributed by atoms with Crippen LogP contribution in [0.4, 0.5) is 0 Å². The molecule has 0 aromatic rings. The Kier molecular flexibility index (Phi) is 18.6. The van der Waals surface area contributed by atoms with E-state index in [-0.39, 0.29) is 0 Å². The molecule has 0 bridgehead atoms. The summed E-state index contributed by atoms with van der Waals surface area (Å²) in [5, 5.41) is 0. The Hall–Kier alpha value is 0.719. The number of unbranched alkanes of at least 4 members (excludes halogenated alkanes) is 5. The molecule has 0 aromatic carbocycles. The number of nitrogens with zero attached hydrogens (tertiary/aromatic N) is 1. The van der Waals surface area contributed by atoms with Gasteiger partial charge in [-0.15, -0.1) is 0 Å². The van der Waals surface area contributed by atoms with Crippen LogP contribution in [0.15, 0.2) is 0 Å². The Labute approximate surface area is 164 Å². The van der Waals surface area contributed by atoms with E-state index in [1.165, 1.54) is 97.2 Å². The summed E-state index contributed by atoms with van der Waals surface area (Å²) in [4.78, 5) is 2.67. The van der Waals surface area contributed by atoms with Gasteiger partial charge in [0.25, 0.3) is 0 Å². The summed E-state index contributed by atoms with van der Waals surface area (Å²) in [5.41, 5.74) is 0. The molecule has 0 aliphatic rings. The standard InChI is InChI=1S/C10H22NO.3C4H9.Sn/c1-3-5-7-11(9-10-12)8-6-4-2;3*1-3-4-2;/h3-10H2,1-2H3;3*1,3-4H2,2H3;/q-1;;;;+1. The molecule has 0 N–H and O–H groups in total. The van der Waals surface area contributed by atoms with Crippen LogP contribution in [0.3, 0.4) is 0 Å². The van der Waals surface area contributed by atoms with Crippen molar-refractivity contribution in [1.82, 2.24) is 4.90 Å². The van der Waals surface area contributed by atoms with Crippen molar-refractivity contribution in [1.29, 1.82) is 0 Å². The van der Waals surface area contributed by atoms with E-state index in [2.05, 4.69) is 39.5 Å². The minimum atomic E-state index is -2.37. The zero-order valence-corrected chi connectivity index (χ0v) is 21.2. The van der Waals surface area contributed by atoms with Gasteiger partial charge in [-0.2, -0.15) is 0 Å². The van der Waals surface area contributed by atoms with Gasteiger partial charge in [0, 0.05) is 0 Å². The summed E-state index contributed by atoms with van der Waals surface area (Å²) in [6, 6.07) is 0. The van der Waals surface area contributed by atoms with Crippen molar-refractivity contribution in [2.75, 3.05) is 26.2 Å². The zero-order chi connectivity index (χ0) is 18.8. The van der Waals surface area contributed by atoms with Gasteiger partial charge >= 0.3 is 165 Å². The number of hydrogen-bond donors (Lipinski definition) is 0.